The zero-order chi connectivity index (χ0) is 17.1. The van der Waals surface area contributed by atoms with E-state index in [2.05, 4.69) is 17.0 Å². The second-order valence-electron chi connectivity index (χ2n) is 5.32. The van der Waals surface area contributed by atoms with E-state index in [0.29, 0.717) is 24.4 Å². The highest BCUT2D eigenvalue weighted by Crippen LogP contribution is 2.17. The standard InChI is InChI=1S/C16H26N2O4S/c1-3-5-6-7-12-23(20,21)18-15-10-8-9-14(13-15)17-16(19)22-11-4-2/h8-10,13,18H,3-7,11-12H2,1-2H3,(H,17,19). The fourth-order valence-corrected chi connectivity index (χ4v) is 3.13. The van der Waals surface area contributed by atoms with Gasteiger partial charge in [0.05, 0.1) is 18.0 Å². The van der Waals surface area contributed by atoms with Crippen molar-refractivity contribution in [3.63, 3.8) is 0 Å². The van der Waals surface area contributed by atoms with Crippen LogP contribution in [-0.4, -0.2) is 26.9 Å². The van der Waals surface area contributed by atoms with Gasteiger partial charge >= 0.3 is 6.09 Å². The van der Waals surface area contributed by atoms with Gasteiger partial charge in [0, 0.05) is 5.69 Å². The van der Waals surface area contributed by atoms with Crippen LogP contribution in [0.5, 0.6) is 0 Å². The van der Waals surface area contributed by atoms with Gasteiger partial charge in [0.1, 0.15) is 0 Å². The minimum absolute atomic E-state index is 0.100. The van der Waals surface area contributed by atoms with E-state index in [4.69, 9.17) is 4.74 Å². The van der Waals surface area contributed by atoms with E-state index in [9.17, 15) is 13.2 Å². The van der Waals surface area contributed by atoms with Crippen LogP contribution in [0, 0.1) is 0 Å². The third-order valence-electron chi connectivity index (χ3n) is 3.09. The second kappa shape index (κ2) is 10.1. The highest BCUT2D eigenvalue weighted by Gasteiger charge is 2.11. The van der Waals surface area contributed by atoms with E-state index < -0.39 is 16.1 Å². The third-order valence-corrected chi connectivity index (χ3v) is 4.46. The maximum atomic E-state index is 12.0. The van der Waals surface area contributed by atoms with Crippen molar-refractivity contribution in [2.45, 2.75) is 46.0 Å². The van der Waals surface area contributed by atoms with Crippen LogP contribution in [0.2, 0.25) is 0 Å². The normalized spacial score (nSPS) is 11.0. The minimum atomic E-state index is -3.37. The molecule has 0 unspecified atom stereocenters. The van der Waals surface area contributed by atoms with Crippen molar-refractivity contribution in [1.82, 2.24) is 0 Å². The molecule has 1 amide bonds. The molecule has 0 heterocycles. The number of amides is 1. The molecule has 6 nitrogen and oxygen atoms in total. The van der Waals surface area contributed by atoms with Crippen LogP contribution in [0.1, 0.15) is 46.0 Å². The molecule has 0 bridgehead atoms. The Labute approximate surface area is 138 Å². The maximum Gasteiger partial charge on any atom is 0.411 e. The molecule has 0 aliphatic carbocycles. The van der Waals surface area contributed by atoms with Crippen molar-refractivity contribution in [2.75, 3.05) is 22.4 Å². The van der Waals surface area contributed by atoms with Crippen molar-refractivity contribution in [1.29, 1.82) is 0 Å². The summed E-state index contributed by atoms with van der Waals surface area (Å²) < 4.78 is 31.5. The second-order valence-corrected chi connectivity index (χ2v) is 7.17. The van der Waals surface area contributed by atoms with Gasteiger partial charge in [0.15, 0.2) is 0 Å². The van der Waals surface area contributed by atoms with Crippen molar-refractivity contribution in [3.05, 3.63) is 24.3 Å². The molecule has 0 fully saturated rings. The molecule has 0 atom stereocenters. The van der Waals surface area contributed by atoms with Crippen LogP contribution >= 0.6 is 0 Å². The van der Waals surface area contributed by atoms with Gasteiger partial charge in [-0.3, -0.25) is 10.0 Å². The largest absolute Gasteiger partial charge is 0.449 e. The number of carbonyl (C=O) groups is 1. The Bertz CT molecular complexity index is 587. The number of sulfonamides is 1. The predicted molar refractivity (Wildman–Crippen MR) is 93.3 cm³/mol. The molecular formula is C16H26N2O4S. The molecule has 1 aromatic rings. The summed E-state index contributed by atoms with van der Waals surface area (Å²) in [5, 5.41) is 2.57. The van der Waals surface area contributed by atoms with Crippen LogP contribution in [0.4, 0.5) is 16.2 Å². The van der Waals surface area contributed by atoms with Crippen molar-refractivity contribution in [3.8, 4) is 0 Å². The van der Waals surface area contributed by atoms with E-state index in [1.165, 1.54) is 0 Å². The van der Waals surface area contributed by atoms with Crippen LogP contribution in [0.15, 0.2) is 24.3 Å². The molecule has 1 rings (SSSR count). The molecule has 0 radical (unpaired) electrons. The molecule has 0 aliphatic rings. The number of hydrogen-bond acceptors (Lipinski definition) is 4. The van der Waals surface area contributed by atoms with E-state index in [1.54, 1.807) is 24.3 Å². The molecular weight excluding hydrogens is 316 g/mol. The molecule has 2 N–H and O–H groups in total. The summed E-state index contributed by atoms with van der Waals surface area (Å²) in [6.07, 6.45) is 3.84. The Morgan fingerprint density at radius 3 is 2.52 bits per heavy atom. The molecule has 0 saturated heterocycles. The first-order valence-corrected chi connectivity index (χ1v) is 9.66. The van der Waals surface area contributed by atoms with E-state index >= 15 is 0 Å². The minimum Gasteiger partial charge on any atom is -0.449 e. The Balaban J connectivity index is 2.57. The fraction of sp³-hybridized carbons (Fsp3) is 0.562. The SMILES string of the molecule is CCCCCCS(=O)(=O)Nc1cccc(NC(=O)OCCC)c1. The number of rotatable bonds is 10. The molecule has 7 heteroatoms. The van der Waals surface area contributed by atoms with Gasteiger partial charge < -0.3 is 4.74 Å². The first kappa shape index (κ1) is 19.3. The van der Waals surface area contributed by atoms with Gasteiger partial charge in [-0.15, -0.1) is 0 Å². The smallest absolute Gasteiger partial charge is 0.411 e. The first-order chi connectivity index (χ1) is 11.0. The lowest BCUT2D eigenvalue weighted by Crippen LogP contribution is -2.17. The van der Waals surface area contributed by atoms with Crippen molar-refractivity contribution < 1.29 is 17.9 Å². The number of benzene rings is 1. The Morgan fingerprint density at radius 1 is 1.09 bits per heavy atom. The predicted octanol–water partition coefficient (Wildman–Crippen LogP) is 3.97. The summed E-state index contributed by atoms with van der Waals surface area (Å²) in [6.45, 7) is 4.33. The number of anilines is 2. The quantitative estimate of drug-likeness (QED) is 0.630. The number of carbonyl (C=O) groups excluding carboxylic acids is 1. The zero-order valence-electron chi connectivity index (χ0n) is 13.8. The van der Waals surface area contributed by atoms with Crippen LogP contribution < -0.4 is 10.0 Å². The van der Waals surface area contributed by atoms with Crippen LogP contribution in [0.25, 0.3) is 0 Å². The number of hydrogen-bond donors (Lipinski definition) is 2. The summed E-state index contributed by atoms with van der Waals surface area (Å²) in [7, 11) is -3.37. The Kier molecular flexibility index (Phi) is 8.47. The Morgan fingerprint density at radius 2 is 1.83 bits per heavy atom. The lowest BCUT2D eigenvalue weighted by atomic mass is 10.2. The highest BCUT2D eigenvalue weighted by molar-refractivity contribution is 7.92. The van der Waals surface area contributed by atoms with Gasteiger partial charge in [0.25, 0.3) is 0 Å². The zero-order valence-corrected chi connectivity index (χ0v) is 14.6. The summed E-state index contributed by atoms with van der Waals surface area (Å²) in [4.78, 5) is 11.5. The van der Waals surface area contributed by atoms with E-state index in [1.807, 2.05) is 6.92 Å². The lowest BCUT2D eigenvalue weighted by Gasteiger charge is -2.10. The van der Waals surface area contributed by atoms with Gasteiger partial charge in [-0.25, -0.2) is 13.2 Å². The van der Waals surface area contributed by atoms with Gasteiger partial charge in [-0.2, -0.15) is 0 Å². The van der Waals surface area contributed by atoms with Gasteiger partial charge in [-0.1, -0.05) is 39.2 Å². The first-order valence-electron chi connectivity index (χ1n) is 8.01. The van der Waals surface area contributed by atoms with Crippen LogP contribution in [-0.2, 0) is 14.8 Å². The van der Waals surface area contributed by atoms with Crippen LogP contribution in [0.3, 0.4) is 0 Å². The molecule has 0 aliphatic heterocycles. The summed E-state index contributed by atoms with van der Waals surface area (Å²) in [6, 6.07) is 6.56. The summed E-state index contributed by atoms with van der Waals surface area (Å²) in [5.74, 6) is 0.100. The topological polar surface area (TPSA) is 84.5 Å². The maximum absolute atomic E-state index is 12.0. The molecule has 23 heavy (non-hydrogen) atoms. The Hall–Kier alpha value is -1.76. The average molecular weight is 342 g/mol. The van der Waals surface area contributed by atoms with Gasteiger partial charge in [-0.05, 0) is 31.0 Å². The summed E-state index contributed by atoms with van der Waals surface area (Å²) >= 11 is 0. The van der Waals surface area contributed by atoms with E-state index in [-0.39, 0.29) is 5.75 Å². The average Bonchev–Trinajstić information content (AvgIpc) is 2.49. The van der Waals surface area contributed by atoms with Crippen molar-refractivity contribution >= 4 is 27.5 Å². The lowest BCUT2D eigenvalue weighted by molar-refractivity contribution is 0.161. The molecule has 0 saturated carbocycles. The fourth-order valence-electron chi connectivity index (χ4n) is 1.96. The number of nitrogens with one attached hydrogen (secondary N) is 2. The highest BCUT2D eigenvalue weighted by atomic mass is 32.2. The van der Waals surface area contributed by atoms with Gasteiger partial charge in [0.2, 0.25) is 10.0 Å². The summed E-state index contributed by atoms with van der Waals surface area (Å²) in [5.41, 5.74) is 0.908. The molecule has 130 valence electrons. The number of unbranched alkanes of at least 4 members (excludes halogenated alkanes) is 3. The van der Waals surface area contributed by atoms with Crippen molar-refractivity contribution in [2.24, 2.45) is 0 Å². The monoisotopic (exact) mass is 342 g/mol. The van der Waals surface area contributed by atoms with E-state index in [0.717, 1.165) is 25.7 Å². The molecule has 0 spiro atoms. The molecule has 1 aromatic carbocycles. The third kappa shape index (κ3) is 8.44. The molecule has 0 aromatic heterocycles. The number of ether oxygens (including phenoxy) is 1.